The van der Waals surface area contributed by atoms with E-state index in [-0.39, 0.29) is 5.54 Å². The largest absolute Gasteiger partial charge is 0.489 e. The van der Waals surface area contributed by atoms with E-state index in [2.05, 4.69) is 58.6 Å². The van der Waals surface area contributed by atoms with E-state index >= 15 is 0 Å². The molecule has 0 saturated carbocycles. The Morgan fingerprint density at radius 3 is 2.28 bits per heavy atom. The number of ether oxygens (including phenoxy) is 1. The van der Waals surface area contributed by atoms with E-state index in [4.69, 9.17) is 4.74 Å². The minimum atomic E-state index is 0.113. The zero-order valence-corrected chi connectivity index (χ0v) is 12.3. The van der Waals surface area contributed by atoms with Crippen molar-refractivity contribution >= 4 is 0 Å². The summed E-state index contributed by atoms with van der Waals surface area (Å²) in [5.74, 6) is 0.981. The van der Waals surface area contributed by atoms with Gasteiger partial charge in [-0.3, -0.25) is 0 Å². The van der Waals surface area contributed by atoms with Crippen LogP contribution in [0, 0.1) is 13.8 Å². The summed E-state index contributed by atoms with van der Waals surface area (Å²) in [6, 6.07) is 6.19. The maximum absolute atomic E-state index is 5.86. The molecule has 0 aromatic heterocycles. The number of para-hydroxylation sites is 1. The molecule has 1 N–H and O–H groups in total. The predicted octanol–water partition coefficient (Wildman–Crippen LogP) is 3.63. The Labute approximate surface area is 111 Å². The van der Waals surface area contributed by atoms with Crippen molar-refractivity contribution in [2.75, 3.05) is 13.2 Å². The van der Waals surface area contributed by atoms with E-state index in [1.165, 1.54) is 11.1 Å². The Kier molecular flexibility index (Phi) is 4.97. The molecule has 0 atom stereocenters. The molecule has 0 aliphatic carbocycles. The fourth-order valence-electron chi connectivity index (χ4n) is 1.64. The molecule has 1 aromatic rings. The van der Waals surface area contributed by atoms with Crippen LogP contribution >= 0.6 is 0 Å². The lowest BCUT2D eigenvalue weighted by atomic mass is 10.1. The first-order valence-corrected chi connectivity index (χ1v) is 6.40. The molecule has 0 radical (unpaired) electrons. The van der Waals surface area contributed by atoms with Crippen molar-refractivity contribution in [3.05, 3.63) is 41.5 Å². The number of hydrogen-bond acceptors (Lipinski definition) is 2. The number of aryl methyl sites for hydroxylation is 2. The Bertz CT molecular complexity index is 395. The van der Waals surface area contributed by atoms with Gasteiger partial charge in [0, 0.05) is 12.1 Å². The van der Waals surface area contributed by atoms with Crippen LogP contribution in [-0.4, -0.2) is 18.7 Å². The van der Waals surface area contributed by atoms with Gasteiger partial charge in [-0.25, -0.2) is 0 Å². The monoisotopic (exact) mass is 247 g/mol. The predicted molar refractivity (Wildman–Crippen MR) is 78.3 cm³/mol. The molecule has 1 rings (SSSR count). The highest BCUT2D eigenvalue weighted by Crippen LogP contribution is 2.22. The van der Waals surface area contributed by atoms with Crippen LogP contribution < -0.4 is 10.1 Å². The topological polar surface area (TPSA) is 21.3 Å². The quantitative estimate of drug-likeness (QED) is 0.802. The minimum Gasteiger partial charge on any atom is -0.489 e. The molecule has 18 heavy (non-hydrogen) atoms. The summed E-state index contributed by atoms with van der Waals surface area (Å²) in [6.45, 7) is 16.0. The van der Waals surface area contributed by atoms with E-state index in [0.717, 1.165) is 17.9 Å². The molecule has 1 aromatic carbocycles. The number of benzene rings is 1. The van der Waals surface area contributed by atoms with Crippen molar-refractivity contribution < 1.29 is 4.74 Å². The second-order valence-electron chi connectivity index (χ2n) is 5.86. The van der Waals surface area contributed by atoms with Gasteiger partial charge in [0.25, 0.3) is 0 Å². The Balaban J connectivity index is 2.48. The smallest absolute Gasteiger partial charge is 0.125 e. The summed E-state index contributed by atoms with van der Waals surface area (Å²) in [5.41, 5.74) is 3.52. The van der Waals surface area contributed by atoms with Gasteiger partial charge in [0.05, 0.1) is 0 Å². The fourth-order valence-corrected chi connectivity index (χ4v) is 1.64. The zero-order chi connectivity index (χ0) is 13.8. The van der Waals surface area contributed by atoms with E-state index in [1.807, 2.05) is 6.07 Å². The number of hydrogen-bond donors (Lipinski definition) is 1. The summed E-state index contributed by atoms with van der Waals surface area (Å²) >= 11 is 0. The van der Waals surface area contributed by atoms with Crippen LogP contribution in [0.2, 0.25) is 0 Å². The first-order valence-electron chi connectivity index (χ1n) is 6.40. The third kappa shape index (κ3) is 4.92. The molecule has 0 saturated heterocycles. The third-order valence-electron chi connectivity index (χ3n) is 2.70. The lowest BCUT2D eigenvalue weighted by Crippen LogP contribution is -2.37. The average Bonchev–Trinajstić information content (AvgIpc) is 2.25. The van der Waals surface area contributed by atoms with Crippen LogP contribution in [0.1, 0.15) is 31.9 Å². The maximum Gasteiger partial charge on any atom is 0.125 e. The molecule has 2 nitrogen and oxygen atoms in total. The van der Waals surface area contributed by atoms with Gasteiger partial charge in [0.15, 0.2) is 0 Å². The van der Waals surface area contributed by atoms with Crippen LogP contribution in [0.4, 0.5) is 0 Å². The van der Waals surface area contributed by atoms with Crippen molar-refractivity contribution in [1.29, 1.82) is 0 Å². The zero-order valence-electron chi connectivity index (χ0n) is 12.3. The van der Waals surface area contributed by atoms with Gasteiger partial charge in [-0.15, -0.1) is 0 Å². The normalized spacial score (nSPS) is 11.4. The Morgan fingerprint density at radius 2 is 1.78 bits per heavy atom. The van der Waals surface area contributed by atoms with Crippen molar-refractivity contribution in [1.82, 2.24) is 5.32 Å². The second-order valence-corrected chi connectivity index (χ2v) is 5.86. The summed E-state index contributed by atoms with van der Waals surface area (Å²) in [6.07, 6.45) is 0. The van der Waals surface area contributed by atoms with Crippen LogP contribution in [0.15, 0.2) is 30.4 Å². The molecule has 100 valence electrons. The molecule has 0 amide bonds. The fraction of sp³-hybridized carbons (Fsp3) is 0.500. The third-order valence-corrected chi connectivity index (χ3v) is 2.70. The summed E-state index contributed by atoms with van der Waals surface area (Å²) in [4.78, 5) is 0. The molecule has 0 unspecified atom stereocenters. The van der Waals surface area contributed by atoms with Crippen LogP contribution in [-0.2, 0) is 0 Å². The second kappa shape index (κ2) is 6.05. The van der Waals surface area contributed by atoms with E-state index < -0.39 is 0 Å². The molecule has 0 aliphatic rings. The van der Waals surface area contributed by atoms with Gasteiger partial charge >= 0.3 is 0 Å². The van der Waals surface area contributed by atoms with Gasteiger partial charge in [0.1, 0.15) is 12.4 Å². The van der Waals surface area contributed by atoms with E-state index in [9.17, 15) is 0 Å². The average molecular weight is 247 g/mol. The Hall–Kier alpha value is -1.28. The molecular weight excluding hydrogens is 222 g/mol. The summed E-state index contributed by atoms with van der Waals surface area (Å²) in [7, 11) is 0. The van der Waals surface area contributed by atoms with E-state index in [1.54, 1.807) is 0 Å². The lowest BCUT2D eigenvalue weighted by molar-refractivity contribution is 0.337. The van der Waals surface area contributed by atoms with Crippen molar-refractivity contribution in [3.63, 3.8) is 0 Å². The van der Waals surface area contributed by atoms with Crippen molar-refractivity contribution in [2.24, 2.45) is 0 Å². The number of nitrogens with one attached hydrogen (secondary N) is 1. The number of rotatable bonds is 5. The van der Waals surface area contributed by atoms with Gasteiger partial charge in [0.2, 0.25) is 0 Å². The van der Waals surface area contributed by atoms with Crippen molar-refractivity contribution in [3.8, 4) is 5.75 Å². The molecule has 0 heterocycles. The van der Waals surface area contributed by atoms with Gasteiger partial charge < -0.3 is 10.1 Å². The highest BCUT2D eigenvalue weighted by Gasteiger charge is 2.09. The molecule has 2 heteroatoms. The SMILES string of the molecule is C=C(CNC(C)(C)C)COc1c(C)cccc1C. The summed E-state index contributed by atoms with van der Waals surface area (Å²) in [5, 5.41) is 3.41. The van der Waals surface area contributed by atoms with Gasteiger partial charge in [-0.05, 0) is 51.3 Å². The van der Waals surface area contributed by atoms with Crippen LogP contribution in [0.5, 0.6) is 5.75 Å². The first kappa shape index (κ1) is 14.8. The highest BCUT2D eigenvalue weighted by atomic mass is 16.5. The summed E-state index contributed by atoms with van der Waals surface area (Å²) < 4.78 is 5.86. The van der Waals surface area contributed by atoms with Gasteiger partial charge in [-0.1, -0.05) is 24.8 Å². The van der Waals surface area contributed by atoms with Gasteiger partial charge in [-0.2, -0.15) is 0 Å². The van der Waals surface area contributed by atoms with Crippen LogP contribution in [0.25, 0.3) is 0 Å². The lowest BCUT2D eigenvalue weighted by Gasteiger charge is -2.21. The standard InChI is InChI=1S/C16H25NO/c1-12(10-17-16(4,5)6)11-18-15-13(2)8-7-9-14(15)3/h7-9,17H,1,10-11H2,2-6H3. The highest BCUT2D eigenvalue weighted by molar-refractivity contribution is 5.39. The molecule has 0 aliphatic heterocycles. The van der Waals surface area contributed by atoms with Crippen LogP contribution in [0.3, 0.4) is 0 Å². The first-order chi connectivity index (χ1) is 8.29. The molecule has 0 bridgehead atoms. The van der Waals surface area contributed by atoms with Crippen molar-refractivity contribution in [2.45, 2.75) is 40.2 Å². The molecule has 0 spiro atoms. The van der Waals surface area contributed by atoms with E-state index in [0.29, 0.717) is 6.61 Å². The minimum absolute atomic E-state index is 0.113. The Morgan fingerprint density at radius 1 is 1.22 bits per heavy atom. The molecule has 0 fully saturated rings. The molecular formula is C16H25NO. The maximum atomic E-state index is 5.86.